The van der Waals surface area contributed by atoms with Gasteiger partial charge in [0.05, 0.1) is 6.54 Å². The van der Waals surface area contributed by atoms with Crippen LogP contribution < -0.4 is 0 Å². The summed E-state index contributed by atoms with van der Waals surface area (Å²) in [5, 5.41) is 0. The average molecular weight is 223 g/mol. The Morgan fingerprint density at radius 2 is 2.07 bits per heavy atom. The van der Waals surface area contributed by atoms with Gasteiger partial charge in [-0.25, -0.2) is 0 Å². The molecule has 0 spiro atoms. The molecule has 0 bridgehead atoms. The van der Waals surface area contributed by atoms with E-state index >= 15 is 0 Å². The van der Waals surface area contributed by atoms with Crippen LogP contribution in [-0.4, -0.2) is 35.5 Å². The number of Topliss-reactive ketones (excluding diaryl/α,β-unsaturated/α-hetero) is 1. The minimum atomic E-state index is -4.18. The van der Waals surface area contributed by atoms with E-state index in [2.05, 4.69) is 0 Å². The first-order valence-corrected chi connectivity index (χ1v) is 5.14. The van der Waals surface area contributed by atoms with Gasteiger partial charge < -0.3 is 0 Å². The third-order valence-corrected chi connectivity index (χ3v) is 2.71. The molecule has 2 nitrogen and oxygen atoms in total. The molecule has 0 aliphatic heterocycles. The van der Waals surface area contributed by atoms with Gasteiger partial charge in [-0.1, -0.05) is 0 Å². The molecule has 0 N–H and O–H groups in total. The molecule has 1 unspecified atom stereocenters. The highest BCUT2D eigenvalue weighted by molar-refractivity contribution is 5.81. The van der Waals surface area contributed by atoms with E-state index in [1.165, 1.54) is 4.90 Å². The van der Waals surface area contributed by atoms with Crippen molar-refractivity contribution in [2.45, 2.75) is 51.4 Å². The van der Waals surface area contributed by atoms with Crippen molar-refractivity contribution in [3.63, 3.8) is 0 Å². The van der Waals surface area contributed by atoms with Gasteiger partial charge in [0.25, 0.3) is 0 Å². The summed E-state index contributed by atoms with van der Waals surface area (Å²) in [6, 6.07) is -0.401. The lowest BCUT2D eigenvalue weighted by Gasteiger charge is -2.32. The number of carbonyl (C=O) groups is 1. The Hall–Kier alpha value is -0.580. The minimum Gasteiger partial charge on any atom is -0.300 e. The van der Waals surface area contributed by atoms with Crippen LogP contribution in [0, 0.1) is 0 Å². The van der Waals surface area contributed by atoms with Crippen LogP contribution in [0.15, 0.2) is 0 Å². The molecule has 1 aliphatic carbocycles. The molecule has 0 amide bonds. The highest BCUT2D eigenvalue weighted by Crippen LogP contribution is 2.26. The monoisotopic (exact) mass is 223 g/mol. The number of hydrogen-bond donors (Lipinski definition) is 0. The normalized spacial score (nSPS) is 23.1. The van der Waals surface area contributed by atoms with Gasteiger partial charge in [0, 0.05) is 24.9 Å². The fraction of sp³-hybridized carbons (Fsp3) is 0.900. The van der Waals surface area contributed by atoms with Crippen molar-refractivity contribution in [3.05, 3.63) is 0 Å². The molecular weight excluding hydrogens is 207 g/mol. The fourth-order valence-electron chi connectivity index (χ4n) is 2.02. The summed E-state index contributed by atoms with van der Waals surface area (Å²) in [6.07, 6.45) is -2.93. The zero-order chi connectivity index (χ0) is 11.6. The second-order valence-electron chi connectivity index (χ2n) is 4.32. The maximum Gasteiger partial charge on any atom is 0.401 e. The van der Waals surface area contributed by atoms with Crippen molar-refractivity contribution >= 4 is 5.78 Å². The van der Waals surface area contributed by atoms with Crippen molar-refractivity contribution in [1.29, 1.82) is 0 Å². The predicted molar refractivity (Wildman–Crippen MR) is 50.5 cm³/mol. The average Bonchev–Trinajstić information content (AvgIpc) is 2.45. The van der Waals surface area contributed by atoms with Crippen molar-refractivity contribution in [1.82, 2.24) is 4.90 Å². The Morgan fingerprint density at radius 3 is 2.40 bits per heavy atom. The van der Waals surface area contributed by atoms with Gasteiger partial charge >= 0.3 is 6.18 Å². The van der Waals surface area contributed by atoms with Gasteiger partial charge in [-0.3, -0.25) is 9.69 Å². The van der Waals surface area contributed by atoms with E-state index in [-0.39, 0.29) is 24.3 Å². The summed E-state index contributed by atoms with van der Waals surface area (Å²) < 4.78 is 36.9. The molecule has 5 heteroatoms. The summed E-state index contributed by atoms with van der Waals surface area (Å²) in [5.74, 6) is 0.0767. The van der Waals surface area contributed by atoms with Gasteiger partial charge in [0.1, 0.15) is 5.78 Å². The molecule has 1 saturated carbocycles. The van der Waals surface area contributed by atoms with Crippen LogP contribution in [0.1, 0.15) is 33.1 Å². The van der Waals surface area contributed by atoms with Crippen molar-refractivity contribution in [2.24, 2.45) is 0 Å². The molecule has 0 aromatic rings. The molecule has 0 radical (unpaired) electrons. The largest absolute Gasteiger partial charge is 0.401 e. The SMILES string of the molecule is CC(C)N(CC(F)(F)F)C1CCC(=O)C1. The fourth-order valence-corrected chi connectivity index (χ4v) is 2.02. The number of halogens is 3. The molecule has 0 aromatic carbocycles. The minimum absolute atomic E-state index is 0.0767. The van der Waals surface area contributed by atoms with E-state index in [0.717, 1.165) is 0 Å². The van der Waals surface area contributed by atoms with Crippen LogP contribution in [-0.2, 0) is 4.79 Å². The lowest BCUT2D eigenvalue weighted by molar-refractivity contribution is -0.155. The number of carbonyl (C=O) groups excluding carboxylic acids is 1. The predicted octanol–water partition coefficient (Wildman–Crippen LogP) is 2.38. The Labute approximate surface area is 87.4 Å². The summed E-state index contributed by atoms with van der Waals surface area (Å²) in [5.41, 5.74) is 0. The third-order valence-electron chi connectivity index (χ3n) is 2.71. The smallest absolute Gasteiger partial charge is 0.300 e. The van der Waals surface area contributed by atoms with Crippen LogP contribution in [0.2, 0.25) is 0 Å². The van der Waals surface area contributed by atoms with E-state index in [0.29, 0.717) is 12.8 Å². The molecular formula is C10H16F3NO. The number of ketones is 1. The van der Waals surface area contributed by atoms with Crippen molar-refractivity contribution in [3.8, 4) is 0 Å². The first kappa shape index (κ1) is 12.5. The number of hydrogen-bond acceptors (Lipinski definition) is 2. The highest BCUT2D eigenvalue weighted by Gasteiger charge is 2.37. The molecule has 1 rings (SSSR count). The van der Waals surface area contributed by atoms with Gasteiger partial charge in [0.2, 0.25) is 0 Å². The zero-order valence-corrected chi connectivity index (χ0v) is 8.97. The Balaban J connectivity index is 2.62. The molecule has 1 atom stereocenters. The number of alkyl halides is 3. The molecule has 1 aliphatic rings. The van der Waals surface area contributed by atoms with E-state index in [1.807, 2.05) is 0 Å². The second-order valence-corrected chi connectivity index (χ2v) is 4.32. The van der Waals surface area contributed by atoms with Gasteiger partial charge in [0.15, 0.2) is 0 Å². The number of rotatable bonds is 3. The Kier molecular flexibility index (Phi) is 3.76. The van der Waals surface area contributed by atoms with Gasteiger partial charge in [-0.2, -0.15) is 13.2 Å². The van der Waals surface area contributed by atoms with Gasteiger partial charge in [-0.15, -0.1) is 0 Å². The van der Waals surface area contributed by atoms with Crippen LogP contribution >= 0.6 is 0 Å². The van der Waals surface area contributed by atoms with Crippen LogP contribution in [0.25, 0.3) is 0 Å². The van der Waals surface area contributed by atoms with E-state index in [9.17, 15) is 18.0 Å². The number of nitrogens with zero attached hydrogens (tertiary/aromatic N) is 1. The first-order valence-electron chi connectivity index (χ1n) is 5.14. The summed E-state index contributed by atoms with van der Waals surface area (Å²) in [4.78, 5) is 12.4. The standard InChI is InChI=1S/C10H16F3NO/c1-7(2)14(6-10(11,12)13)8-3-4-9(15)5-8/h7-8H,3-6H2,1-2H3. The maximum atomic E-state index is 12.3. The van der Waals surface area contributed by atoms with Crippen LogP contribution in [0.5, 0.6) is 0 Å². The first-order chi connectivity index (χ1) is 6.79. The molecule has 0 heterocycles. The van der Waals surface area contributed by atoms with Crippen molar-refractivity contribution < 1.29 is 18.0 Å². The van der Waals surface area contributed by atoms with Gasteiger partial charge in [-0.05, 0) is 20.3 Å². The third kappa shape index (κ3) is 3.81. The van der Waals surface area contributed by atoms with E-state index in [4.69, 9.17) is 0 Å². The van der Waals surface area contributed by atoms with E-state index < -0.39 is 12.7 Å². The molecule has 0 saturated heterocycles. The lowest BCUT2D eigenvalue weighted by atomic mass is 10.1. The summed E-state index contributed by atoms with van der Waals surface area (Å²) >= 11 is 0. The van der Waals surface area contributed by atoms with Crippen LogP contribution in [0.3, 0.4) is 0 Å². The lowest BCUT2D eigenvalue weighted by Crippen LogP contribution is -2.44. The molecule has 0 aromatic heterocycles. The summed E-state index contributed by atoms with van der Waals surface area (Å²) in [6.45, 7) is 2.55. The quantitative estimate of drug-likeness (QED) is 0.732. The second kappa shape index (κ2) is 4.51. The molecule has 88 valence electrons. The topological polar surface area (TPSA) is 20.3 Å². The van der Waals surface area contributed by atoms with Crippen LogP contribution in [0.4, 0.5) is 13.2 Å². The zero-order valence-electron chi connectivity index (χ0n) is 8.97. The maximum absolute atomic E-state index is 12.3. The molecule has 1 fully saturated rings. The van der Waals surface area contributed by atoms with E-state index in [1.54, 1.807) is 13.8 Å². The highest BCUT2D eigenvalue weighted by atomic mass is 19.4. The Bertz CT molecular complexity index is 237. The molecule has 15 heavy (non-hydrogen) atoms. The Morgan fingerprint density at radius 1 is 1.47 bits per heavy atom. The van der Waals surface area contributed by atoms with Crippen molar-refractivity contribution in [2.75, 3.05) is 6.54 Å². The summed E-state index contributed by atoms with van der Waals surface area (Å²) in [7, 11) is 0.